The second-order valence-electron chi connectivity index (χ2n) is 5.19. The summed E-state index contributed by atoms with van der Waals surface area (Å²) in [6.07, 6.45) is 3.90. The van der Waals surface area contributed by atoms with Crippen LogP contribution in [0, 0.1) is 0 Å². The van der Waals surface area contributed by atoms with Crippen molar-refractivity contribution < 1.29 is 19.1 Å². The highest BCUT2D eigenvalue weighted by Crippen LogP contribution is 2.30. The van der Waals surface area contributed by atoms with Gasteiger partial charge in [-0.1, -0.05) is 0 Å². The molecule has 5 nitrogen and oxygen atoms in total. The average molecular weight is 242 g/mol. The van der Waals surface area contributed by atoms with Gasteiger partial charge in [0.15, 0.2) is 0 Å². The Balaban J connectivity index is 2.92. The summed E-state index contributed by atoms with van der Waals surface area (Å²) >= 11 is 0. The molecular weight excluding hydrogens is 222 g/mol. The lowest BCUT2D eigenvalue weighted by Crippen LogP contribution is -2.59. The number of hydrogen-bond donors (Lipinski definition) is 0. The summed E-state index contributed by atoms with van der Waals surface area (Å²) in [5, 5.41) is 0. The third kappa shape index (κ3) is 2.97. The topological polar surface area (TPSA) is 55.8 Å². The maximum absolute atomic E-state index is 12.2. The zero-order valence-electron chi connectivity index (χ0n) is 10.9. The number of hydrogen-bond acceptors (Lipinski definition) is 4. The lowest BCUT2D eigenvalue weighted by atomic mass is 9.98. The summed E-state index contributed by atoms with van der Waals surface area (Å²) in [6, 6.07) is 0. The molecule has 1 amide bonds. The van der Waals surface area contributed by atoms with Crippen molar-refractivity contribution in [1.29, 1.82) is 0 Å². The number of ether oxygens (including phenoxy) is 2. The van der Waals surface area contributed by atoms with Crippen molar-refractivity contribution in [1.82, 2.24) is 4.90 Å². The van der Waals surface area contributed by atoms with Crippen LogP contribution in [0.15, 0.2) is 0 Å². The second-order valence-corrected chi connectivity index (χ2v) is 5.19. The van der Waals surface area contributed by atoms with Crippen molar-refractivity contribution in [2.75, 3.05) is 13.7 Å². The Bertz CT molecular complexity index is 297. The van der Waals surface area contributed by atoms with E-state index in [2.05, 4.69) is 0 Å². The quantitative estimate of drug-likeness (QED) is 0.698. The van der Waals surface area contributed by atoms with Gasteiger partial charge in [0, 0.05) is 20.1 Å². The van der Waals surface area contributed by atoms with Crippen LogP contribution in [0.2, 0.25) is 0 Å². The number of piperidine rings is 1. The smallest absolute Gasteiger partial charge is 0.360 e. The van der Waals surface area contributed by atoms with E-state index in [1.165, 1.54) is 12.0 Å². The predicted octanol–water partition coefficient (Wildman–Crippen LogP) is 1.22. The molecule has 0 aliphatic carbocycles. The van der Waals surface area contributed by atoms with E-state index in [9.17, 15) is 9.59 Å². The number of amides is 1. The fourth-order valence-corrected chi connectivity index (χ4v) is 1.94. The van der Waals surface area contributed by atoms with Gasteiger partial charge in [-0.3, -0.25) is 9.69 Å². The van der Waals surface area contributed by atoms with E-state index in [1.807, 2.05) is 0 Å². The van der Waals surface area contributed by atoms with Crippen LogP contribution in [0.5, 0.6) is 0 Å². The number of carbonyl (C=O) groups is 1. The van der Waals surface area contributed by atoms with Crippen molar-refractivity contribution in [3.05, 3.63) is 0 Å². The highest BCUT2D eigenvalue weighted by molar-refractivity contribution is 5.82. The standard InChI is InChI=1S/C12H20NO4/c1-11(2,3)17-10(15)12(16-4)7-5-6-8-13(12)9-14/h5-8H2,1-4H3. The first-order chi connectivity index (χ1) is 7.85. The minimum absolute atomic E-state index is 0.452. The molecule has 0 aromatic carbocycles. The highest BCUT2D eigenvalue weighted by Gasteiger charge is 2.48. The van der Waals surface area contributed by atoms with E-state index < -0.39 is 17.3 Å². The molecule has 1 saturated heterocycles. The minimum Gasteiger partial charge on any atom is -0.456 e. The van der Waals surface area contributed by atoms with Crippen LogP contribution in [0.4, 0.5) is 0 Å². The average Bonchev–Trinajstić information content (AvgIpc) is 2.26. The summed E-state index contributed by atoms with van der Waals surface area (Å²) in [5.41, 5.74) is -1.90. The molecule has 1 unspecified atom stereocenters. The Hall–Kier alpha value is -1.10. The van der Waals surface area contributed by atoms with Gasteiger partial charge in [-0.15, -0.1) is 0 Å². The SMILES string of the molecule is COC1(C(=O)OC(C)(C)C)CCCCN1[C]=O. The molecule has 0 aromatic heterocycles. The van der Waals surface area contributed by atoms with Crippen LogP contribution in [0.3, 0.4) is 0 Å². The zero-order chi connectivity index (χ0) is 13.1. The number of carbonyl (C=O) groups excluding carboxylic acids is 2. The molecule has 1 fully saturated rings. The number of methoxy groups -OCH3 is 1. The van der Waals surface area contributed by atoms with Crippen LogP contribution < -0.4 is 0 Å². The molecule has 1 aliphatic heterocycles. The number of rotatable bonds is 3. The number of nitrogens with zero attached hydrogens (tertiary/aromatic N) is 1. The van der Waals surface area contributed by atoms with Crippen molar-refractivity contribution >= 4 is 12.4 Å². The van der Waals surface area contributed by atoms with Gasteiger partial charge < -0.3 is 9.47 Å². The lowest BCUT2D eigenvalue weighted by Gasteiger charge is -2.42. The zero-order valence-corrected chi connectivity index (χ0v) is 10.9. The third-order valence-electron chi connectivity index (χ3n) is 2.75. The van der Waals surface area contributed by atoms with Crippen LogP contribution in [0.25, 0.3) is 0 Å². The molecule has 5 heteroatoms. The summed E-state index contributed by atoms with van der Waals surface area (Å²) in [4.78, 5) is 24.4. The van der Waals surface area contributed by atoms with Gasteiger partial charge >= 0.3 is 12.4 Å². The van der Waals surface area contributed by atoms with Gasteiger partial charge in [0.05, 0.1) is 0 Å². The van der Waals surface area contributed by atoms with Crippen LogP contribution in [-0.2, 0) is 19.1 Å². The summed E-state index contributed by atoms with van der Waals surface area (Å²) < 4.78 is 10.6. The molecule has 17 heavy (non-hydrogen) atoms. The van der Waals surface area contributed by atoms with Gasteiger partial charge in [0.25, 0.3) is 0 Å². The Morgan fingerprint density at radius 3 is 2.47 bits per heavy atom. The molecule has 1 radical (unpaired) electrons. The Labute approximate surface area is 102 Å². The first kappa shape index (κ1) is 14.0. The van der Waals surface area contributed by atoms with Gasteiger partial charge in [-0.05, 0) is 33.6 Å². The maximum atomic E-state index is 12.2. The molecule has 1 heterocycles. The molecule has 0 bridgehead atoms. The normalized spacial score (nSPS) is 25.5. The van der Waals surface area contributed by atoms with Crippen molar-refractivity contribution in [2.24, 2.45) is 0 Å². The third-order valence-corrected chi connectivity index (χ3v) is 2.75. The van der Waals surface area contributed by atoms with Crippen LogP contribution in [-0.4, -0.2) is 42.3 Å². The Morgan fingerprint density at radius 2 is 2.00 bits per heavy atom. The molecule has 0 saturated carbocycles. The largest absolute Gasteiger partial charge is 0.456 e. The van der Waals surface area contributed by atoms with E-state index in [0.29, 0.717) is 13.0 Å². The van der Waals surface area contributed by atoms with Gasteiger partial charge in [-0.2, -0.15) is 0 Å². The fourth-order valence-electron chi connectivity index (χ4n) is 1.94. The van der Waals surface area contributed by atoms with Crippen molar-refractivity contribution in [2.45, 2.75) is 51.4 Å². The summed E-state index contributed by atoms with van der Waals surface area (Å²) in [6.45, 7) is 5.82. The highest BCUT2D eigenvalue weighted by atomic mass is 16.6. The molecule has 97 valence electrons. The van der Waals surface area contributed by atoms with Gasteiger partial charge in [0.1, 0.15) is 5.60 Å². The van der Waals surface area contributed by atoms with E-state index in [1.54, 1.807) is 27.2 Å². The van der Waals surface area contributed by atoms with E-state index in [-0.39, 0.29) is 0 Å². The van der Waals surface area contributed by atoms with Crippen molar-refractivity contribution in [3.63, 3.8) is 0 Å². The molecule has 0 N–H and O–H groups in total. The van der Waals surface area contributed by atoms with Crippen molar-refractivity contribution in [3.8, 4) is 0 Å². The molecule has 0 aromatic rings. The maximum Gasteiger partial charge on any atom is 0.360 e. The van der Waals surface area contributed by atoms with Crippen LogP contribution in [0.1, 0.15) is 40.0 Å². The molecule has 1 rings (SSSR count). The number of esters is 1. The van der Waals surface area contributed by atoms with E-state index in [4.69, 9.17) is 9.47 Å². The molecule has 1 atom stereocenters. The molecule has 1 aliphatic rings. The first-order valence-electron chi connectivity index (χ1n) is 5.80. The van der Waals surface area contributed by atoms with E-state index in [0.717, 1.165) is 12.8 Å². The van der Waals surface area contributed by atoms with Gasteiger partial charge in [0.2, 0.25) is 5.72 Å². The van der Waals surface area contributed by atoms with Crippen LogP contribution >= 0.6 is 0 Å². The Kier molecular flexibility index (Phi) is 4.14. The first-order valence-corrected chi connectivity index (χ1v) is 5.80. The fraction of sp³-hybridized carbons (Fsp3) is 0.833. The lowest BCUT2D eigenvalue weighted by molar-refractivity contribution is -0.204. The Morgan fingerprint density at radius 1 is 1.35 bits per heavy atom. The predicted molar refractivity (Wildman–Crippen MR) is 61.8 cm³/mol. The van der Waals surface area contributed by atoms with Gasteiger partial charge in [-0.25, -0.2) is 4.79 Å². The summed E-state index contributed by atoms with van der Waals surface area (Å²) in [5.74, 6) is -0.518. The number of likely N-dealkylation sites (tertiary alicyclic amines) is 1. The minimum atomic E-state index is -1.30. The second kappa shape index (κ2) is 5.04. The van der Waals surface area contributed by atoms with E-state index >= 15 is 0 Å². The summed E-state index contributed by atoms with van der Waals surface area (Å²) in [7, 11) is 1.42. The monoisotopic (exact) mass is 242 g/mol. The molecule has 0 spiro atoms. The molecular formula is C12H20NO4.